The molecule has 0 saturated carbocycles. The van der Waals surface area contributed by atoms with Crippen LogP contribution in [0.3, 0.4) is 0 Å². The summed E-state index contributed by atoms with van der Waals surface area (Å²) in [6.07, 6.45) is 5.20. The molecule has 0 saturated heterocycles. The van der Waals surface area contributed by atoms with Gasteiger partial charge in [-0.15, -0.1) is 0 Å². The molecule has 3 rings (SSSR count). The lowest BCUT2D eigenvalue weighted by molar-refractivity contribution is 0.0784. The molecule has 0 radical (unpaired) electrons. The van der Waals surface area contributed by atoms with E-state index in [1.807, 2.05) is 56.4 Å². The number of pyridine rings is 1. The maximum Gasteiger partial charge on any atom is 0.257 e. The van der Waals surface area contributed by atoms with E-state index in [1.54, 1.807) is 24.3 Å². The van der Waals surface area contributed by atoms with Gasteiger partial charge in [-0.05, 0) is 23.9 Å². The highest BCUT2D eigenvalue weighted by Gasteiger charge is 2.17. The number of carbonyl (C=O) groups is 1. The minimum absolute atomic E-state index is 0.0890. The fraction of sp³-hybridized carbons (Fsp3) is 0.263. The highest BCUT2D eigenvalue weighted by molar-refractivity contribution is 5.95. The van der Waals surface area contributed by atoms with Crippen LogP contribution in [-0.2, 0) is 6.54 Å². The van der Waals surface area contributed by atoms with Crippen LogP contribution in [0.15, 0.2) is 42.9 Å². The maximum absolute atomic E-state index is 12.8. The fourth-order valence-corrected chi connectivity index (χ4v) is 2.74. The Bertz CT molecular complexity index is 917. The van der Waals surface area contributed by atoms with Gasteiger partial charge in [-0.25, -0.2) is 9.97 Å². The van der Waals surface area contributed by atoms with Crippen LogP contribution in [0.25, 0.3) is 10.8 Å². The van der Waals surface area contributed by atoms with E-state index in [1.165, 1.54) is 0 Å². The van der Waals surface area contributed by atoms with Crippen molar-refractivity contribution in [1.29, 1.82) is 0 Å². The zero-order valence-electron chi connectivity index (χ0n) is 14.9. The van der Waals surface area contributed by atoms with Crippen LogP contribution < -0.4 is 4.90 Å². The van der Waals surface area contributed by atoms with Gasteiger partial charge in [0.15, 0.2) is 0 Å². The molecule has 25 heavy (non-hydrogen) atoms. The number of benzene rings is 1. The van der Waals surface area contributed by atoms with Crippen molar-refractivity contribution < 1.29 is 4.79 Å². The normalized spacial score (nSPS) is 10.7. The molecular formula is C19H21N5O. The van der Waals surface area contributed by atoms with Crippen LogP contribution in [0.2, 0.25) is 0 Å². The van der Waals surface area contributed by atoms with Crippen molar-refractivity contribution >= 4 is 22.6 Å². The second kappa shape index (κ2) is 6.84. The topological polar surface area (TPSA) is 62.2 Å². The second-order valence-electron chi connectivity index (χ2n) is 6.24. The summed E-state index contributed by atoms with van der Waals surface area (Å²) in [5.41, 5.74) is 2.28. The van der Waals surface area contributed by atoms with E-state index >= 15 is 0 Å². The number of amides is 1. The van der Waals surface area contributed by atoms with Gasteiger partial charge in [-0.1, -0.05) is 18.2 Å². The summed E-state index contributed by atoms with van der Waals surface area (Å²) >= 11 is 0. The van der Waals surface area contributed by atoms with Gasteiger partial charge in [0.1, 0.15) is 0 Å². The van der Waals surface area contributed by atoms with Crippen molar-refractivity contribution in [3.8, 4) is 0 Å². The van der Waals surface area contributed by atoms with Gasteiger partial charge < -0.3 is 9.80 Å². The van der Waals surface area contributed by atoms with E-state index in [9.17, 15) is 4.79 Å². The Morgan fingerprint density at radius 1 is 1.12 bits per heavy atom. The number of nitrogens with zero attached hydrogens (tertiary/aromatic N) is 5. The van der Waals surface area contributed by atoms with Gasteiger partial charge in [0.25, 0.3) is 5.91 Å². The predicted octanol–water partition coefficient (Wildman–Crippen LogP) is 2.67. The summed E-state index contributed by atoms with van der Waals surface area (Å²) in [4.78, 5) is 29.1. The van der Waals surface area contributed by atoms with E-state index in [0.717, 1.165) is 16.3 Å². The van der Waals surface area contributed by atoms with E-state index in [2.05, 4.69) is 15.0 Å². The number of hydrogen-bond acceptors (Lipinski definition) is 5. The van der Waals surface area contributed by atoms with E-state index in [0.29, 0.717) is 23.8 Å². The van der Waals surface area contributed by atoms with Crippen LogP contribution in [0.5, 0.6) is 0 Å². The van der Waals surface area contributed by atoms with Crippen molar-refractivity contribution in [1.82, 2.24) is 19.9 Å². The molecule has 1 aromatic carbocycles. The van der Waals surface area contributed by atoms with Crippen LogP contribution in [0.4, 0.5) is 5.95 Å². The van der Waals surface area contributed by atoms with Gasteiger partial charge in [0.05, 0.1) is 11.3 Å². The third-order valence-corrected chi connectivity index (χ3v) is 4.12. The average molecular weight is 335 g/mol. The minimum Gasteiger partial charge on any atom is -0.347 e. The summed E-state index contributed by atoms with van der Waals surface area (Å²) in [6.45, 7) is 2.34. The molecule has 3 aromatic rings. The summed E-state index contributed by atoms with van der Waals surface area (Å²) in [6, 6.07) is 8.01. The molecule has 6 heteroatoms. The standard InChI is InChI=1S/C19H21N5O/c1-13-17(11-21-19(22-13)23(2)3)18(25)24(4)12-15-7-5-6-14-10-20-9-8-16(14)15/h5-11H,12H2,1-4H3. The number of carbonyl (C=O) groups excluding carboxylic acids is 1. The van der Waals surface area contributed by atoms with Crippen molar-refractivity contribution in [2.24, 2.45) is 0 Å². The first-order valence-corrected chi connectivity index (χ1v) is 8.05. The molecule has 2 aromatic heterocycles. The quantitative estimate of drug-likeness (QED) is 0.733. The Balaban J connectivity index is 1.85. The molecule has 0 spiro atoms. The van der Waals surface area contributed by atoms with Gasteiger partial charge in [-0.3, -0.25) is 9.78 Å². The Morgan fingerprint density at radius 2 is 1.92 bits per heavy atom. The number of fused-ring (bicyclic) bond motifs is 1. The molecule has 6 nitrogen and oxygen atoms in total. The van der Waals surface area contributed by atoms with Crippen molar-refractivity contribution in [2.45, 2.75) is 13.5 Å². The third-order valence-electron chi connectivity index (χ3n) is 4.12. The van der Waals surface area contributed by atoms with Crippen LogP contribution >= 0.6 is 0 Å². The molecule has 0 aliphatic carbocycles. The first-order chi connectivity index (χ1) is 12.0. The predicted molar refractivity (Wildman–Crippen MR) is 98.6 cm³/mol. The van der Waals surface area contributed by atoms with Crippen molar-refractivity contribution in [3.63, 3.8) is 0 Å². The van der Waals surface area contributed by atoms with E-state index in [4.69, 9.17) is 0 Å². The number of aryl methyl sites for hydroxylation is 1. The zero-order chi connectivity index (χ0) is 18.0. The Kier molecular flexibility index (Phi) is 4.61. The minimum atomic E-state index is -0.0890. The highest BCUT2D eigenvalue weighted by atomic mass is 16.2. The largest absolute Gasteiger partial charge is 0.347 e. The molecule has 0 atom stereocenters. The maximum atomic E-state index is 12.8. The lowest BCUT2D eigenvalue weighted by Gasteiger charge is -2.20. The molecule has 0 aliphatic rings. The van der Waals surface area contributed by atoms with Crippen LogP contribution in [0, 0.1) is 6.92 Å². The average Bonchev–Trinajstić information content (AvgIpc) is 2.61. The number of aromatic nitrogens is 3. The first kappa shape index (κ1) is 16.8. The molecular weight excluding hydrogens is 314 g/mol. The lowest BCUT2D eigenvalue weighted by Crippen LogP contribution is -2.28. The summed E-state index contributed by atoms with van der Waals surface area (Å²) < 4.78 is 0. The molecule has 0 aliphatic heterocycles. The highest BCUT2D eigenvalue weighted by Crippen LogP contribution is 2.20. The van der Waals surface area contributed by atoms with Crippen LogP contribution in [0.1, 0.15) is 21.6 Å². The number of anilines is 1. The van der Waals surface area contributed by atoms with Crippen molar-refractivity contribution in [2.75, 3.05) is 26.0 Å². The molecule has 0 unspecified atom stereocenters. The van der Waals surface area contributed by atoms with Crippen LogP contribution in [-0.4, -0.2) is 46.9 Å². The van der Waals surface area contributed by atoms with Gasteiger partial charge in [0.2, 0.25) is 5.95 Å². The molecule has 0 N–H and O–H groups in total. The molecule has 0 fully saturated rings. The summed E-state index contributed by atoms with van der Waals surface area (Å²) in [5.74, 6) is 0.507. The smallest absolute Gasteiger partial charge is 0.257 e. The molecule has 2 heterocycles. The number of rotatable bonds is 4. The lowest BCUT2D eigenvalue weighted by atomic mass is 10.1. The Morgan fingerprint density at radius 3 is 2.64 bits per heavy atom. The van der Waals surface area contributed by atoms with Gasteiger partial charge in [0, 0.05) is 51.7 Å². The third kappa shape index (κ3) is 3.42. The molecule has 1 amide bonds. The Labute approximate surface area is 147 Å². The summed E-state index contributed by atoms with van der Waals surface area (Å²) in [5, 5.41) is 2.17. The Hall–Kier alpha value is -3.02. The fourth-order valence-electron chi connectivity index (χ4n) is 2.74. The van der Waals surface area contributed by atoms with Crippen molar-refractivity contribution in [3.05, 3.63) is 59.7 Å². The van der Waals surface area contributed by atoms with E-state index in [-0.39, 0.29) is 5.91 Å². The van der Waals surface area contributed by atoms with Gasteiger partial charge in [-0.2, -0.15) is 0 Å². The van der Waals surface area contributed by atoms with Gasteiger partial charge >= 0.3 is 0 Å². The monoisotopic (exact) mass is 335 g/mol. The van der Waals surface area contributed by atoms with E-state index < -0.39 is 0 Å². The zero-order valence-corrected chi connectivity index (χ0v) is 14.9. The SMILES string of the molecule is Cc1nc(N(C)C)ncc1C(=O)N(C)Cc1cccc2cnccc12. The molecule has 128 valence electrons. The number of hydrogen-bond donors (Lipinski definition) is 0. The molecule has 0 bridgehead atoms. The first-order valence-electron chi connectivity index (χ1n) is 8.05. The second-order valence-corrected chi connectivity index (χ2v) is 6.24. The summed E-state index contributed by atoms with van der Waals surface area (Å²) in [7, 11) is 5.54.